The highest BCUT2D eigenvalue weighted by molar-refractivity contribution is 5.77. The minimum absolute atomic E-state index is 0.110. The first-order valence-electron chi connectivity index (χ1n) is 10.2. The predicted molar refractivity (Wildman–Crippen MR) is 122 cm³/mol. The molecule has 0 spiro atoms. The lowest BCUT2D eigenvalue weighted by Gasteiger charge is -2.13. The van der Waals surface area contributed by atoms with Crippen LogP contribution in [0.5, 0.6) is 0 Å². The number of urea groups is 1. The predicted octanol–water partition coefficient (Wildman–Crippen LogP) is 3.23. The first-order valence-corrected chi connectivity index (χ1v) is 10.2. The molecule has 2 aromatic carbocycles. The number of nitrogens with zero attached hydrogens (tertiary/aromatic N) is 2. The molecule has 8 nitrogen and oxygen atoms in total. The lowest BCUT2D eigenvalue weighted by Crippen LogP contribution is -2.35. The second-order valence-corrected chi connectivity index (χ2v) is 7.07. The van der Waals surface area contributed by atoms with Crippen molar-refractivity contribution in [2.45, 2.75) is 33.1 Å². The van der Waals surface area contributed by atoms with Gasteiger partial charge in [-0.25, -0.2) is 9.78 Å². The largest absolute Gasteiger partial charge is 0.383 e. The highest BCUT2D eigenvalue weighted by atomic mass is 16.5. The minimum atomic E-state index is -0.181. The molecule has 8 heteroatoms. The standard InChI is InChI=1S/C23H28N6O2/c1-2-12-26-23(30)27-13-16-8-10-18(11-9-16)20-19(28-22(25)29-21(20)24)15-31-14-17-6-4-3-5-7-17/h3-11H,2,12-15H2,1H3,(H2,26,27,30)(H4,24,25,28,29). The first-order chi connectivity index (χ1) is 15.1. The second kappa shape index (κ2) is 10.9. The van der Waals surface area contributed by atoms with Crippen molar-refractivity contribution in [1.29, 1.82) is 0 Å². The van der Waals surface area contributed by atoms with E-state index in [1.54, 1.807) is 0 Å². The van der Waals surface area contributed by atoms with E-state index in [9.17, 15) is 4.79 Å². The van der Waals surface area contributed by atoms with E-state index in [0.717, 1.165) is 23.1 Å². The van der Waals surface area contributed by atoms with E-state index < -0.39 is 0 Å². The van der Waals surface area contributed by atoms with Crippen LogP contribution in [-0.4, -0.2) is 22.5 Å². The summed E-state index contributed by atoms with van der Waals surface area (Å²) in [4.78, 5) is 20.2. The van der Waals surface area contributed by atoms with Gasteiger partial charge in [0, 0.05) is 18.7 Å². The quantitative estimate of drug-likeness (QED) is 0.421. The van der Waals surface area contributed by atoms with Gasteiger partial charge in [0.25, 0.3) is 0 Å². The molecule has 3 rings (SSSR count). The summed E-state index contributed by atoms with van der Waals surface area (Å²) >= 11 is 0. The molecule has 0 saturated heterocycles. The van der Waals surface area contributed by atoms with Crippen molar-refractivity contribution in [2.75, 3.05) is 18.0 Å². The highest BCUT2D eigenvalue weighted by Gasteiger charge is 2.14. The van der Waals surface area contributed by atoms with Crippen LogP contribution in [0, 0.1) is 0 Å². The SMILES string of the molecule is CCCNC(=O)NCc1ccc(-c2c(N)nc(N)nc2COCc2ccccc2)cc1. The van der Waals surface area contributed by atoms with Crippen LogP contribution in [0.2, 0.25) is 0 Å². The summed E-state index contributed by atoms with van der Waals surface area (Å²) in [5, 5.41) is 5.61. The van der Waals surface area contributed by atoms with Crippen LogP contribution in [0.15, 0.2) is 54.6 Å². The lowest BCUT2D eigenvalue weighted by molar-refractivity contribution is 0.105. The average Bonchev–Trinajstić information content (AvgIpc) is 2.77. The van der Waals surface area contributed by atoms with Crippen LogP contribution in [0.25, 0.3) is 11.1 Å². The van der Waals surface area contributed by atoms with Crippen molar-refractivity contribution >= 4 is 17.8 Å². The van der Waals surface area contributed by atoms with E-state index in [2.05, 4.69) is 20.6 Å². The first kappa shape index (κ1) is 22.0. The Bertz CT molecular complexity index is 993. The topological polar surface area (TPSA) is 128 Å². The summed E-state index contributed by atoms with van der Waals surface area (Å²) in [6.45, 7) is 3.79. The van der Waals surface area contributed by atoms with E-state index in [1.165, 1.54) is 0 Å². The van der Waals surface area contributed by atoms with E-state index in [4.69, 9.17) is 16.2 Å². The lowest BCUT2D eigenvalue weighted by atomic mass is 10.0. The molecule has 0 aliphatic carbocycles. The van der Waals surface area contributed by atoms with Crippen LogP contribution < -0.4 is 22.1 Å². The Morgan fingerprint density at radius 1 is 0.935 bits per heavy atom. The zero-order chi connectivity index (χ0) is 22.1. The van der Waals surface area contributed by atoms with Gasteiger partial charge in [-0.2, -0.15) is 4.98 Å². The van der Waals surface area contributed by atoms with Crippen LogP contribution in [0.4, 0.5) is 16.6 Å². The third-order valence-corrected chi connectivity index (χ3v) is 4.61. The number of ether oxygens (including phenoxy) is 1. The van der Waals surface area contributed by atoms with Gasteiger partial charge in [0.1, 0.15) is 5.82 Å². The fraction of sp³-hybridized carbons (Fsp3) is 0.261. The molecule has 31 heavy (non-hydrogen) atoms. The summed E-state index contributed by atoms with van der Waals surface area (Å²) in [6, 6.07) is 17.4. The number of amides is 2. The molecule has 0 atom stereocenters. The molecule has 0 radical (unpaired) electrons. The van der Waals surface area contributed by atoms with Gasteiger partial charge in [0.05, 0.1) is 18.9 Å². The number of nitrogen functional groups attached to an aromatic ring is 2. The summed E-state index contributed by atoms with van der Waals surface area (Å²) < 4.78 is 5.84. The number of rotatable bonds is 9. The molecule has 0 fully saturated rings. The second-order valence-electron chi connectivity index (χ2n) is 7.07. The molecule has 0 unspecified atom stereocenters. The van der Waals surface area contributed by atoms with Gasteiger partial charge in [-0.3, -0.25) is 0 Å². The van der Waals surface area contributed by atoms with Gasteiger partial charge in [0.15, 0.2) is 0 Å². The van der Waals surface area contributed by atoms with E-state index in [-0.39, 0.29) is 18.6 Å². The van der Waals surface area contributed by atoms with Crippen molar-refractivity contribution in [3.8, 4) is 11.1 Å². The van der Waals surface area contributed by atoms with Crippen molar-refractivity contribution in [3.05, 3.63) is 71.4 Å². The normalized spacial score (nSPS) is 10.6. The zero-order valence-corrected chi connectivity index (χ0v) is 17.6. The molecular formula is C23H28N6O2. The van der Waals surface area contributed by atoms with Crippen LogP contribution in [0.3, 0.4) is 0 Å². The molecular weight excluding hydrogens is 392 g/mol. The highest BCUT2D eigenvalue weighted by Crippen LogP contribution is 2.29. The number of nitrogens with one attached hydrogen (secondary N) is 2. The fourth-order valence-corrected chi connectivity index (χ4v) is 3.08. The molecule has 0 saturated carbocycles. The number of hydrogen-bond donors (Lipinski definition) is 4. The minimum Gasteiger partial charge on any atom is -0.383 e. The summed E-state index contributed by atoms with van der Waals surface area (Å²) in [7, 11) is 0. The smallest absolute Gasteiger partial charge is 0.315 e. The summed E-state index contributed by atoms with van der Waals surface area (Å²) in [5.41, 5.74) is 16.2. The van der Waals surface area contributed by atoms with Crippen LogP contribution in [0.1, 0.15) is 30.2 Å². The molecule has 0 aliphatic heterocycles. The number of carbonyl (C=O) groups is 1. The zero-order valence-electron chi connectivity index (χ0n) is 17.6. The van der Waals surface area contributed by atoms with Crippen molar-refractivity contribution in [1.82, 2.24) is 20.6 Å². The number of nitrogens with two attached hydrogens (primary N) is 2. The van der Waals surface area contributed by atoms with Crippen LogP contribution in [-0.2, 0) is 24.5 Å². The monoisotopic (exact) mass is 420 g/mol. The van der Waals surface area contributed by atoms with Gasteiger partial charge >= 0.3 is 6.03 Å². The van der Waals surface area contributed by atoms with Crippen molar-refractivity contribution in [2.24, 2.45) is 0 Å². The number of hydrogen-bond acceptors (Lipinski definition) is 6. The molecule has 3 aromatic rings. The molecule has 1 heterocycles. The molecule has 1 aromatic heterocycles. The van der Waals surface area contributed by atoms with E-state index in [1.807, 2.05) is 61.5 Å². The van der Waals surface area contributed by atoms with Gasteiger partial charge in [0.2, 0.25) is 5.95 Å². The molecule has 0 bridgehead atoms. The van der Waals surface area contributed by atoms with E-state index >= 15 is 0 Å². The van der Waals surface area contributed by atoms with Gasteiger partial charge in [-0.15, -0.1) is 0 Å². The average molecular weight is 421 g/mol. The Morgan fingerprint density at radius 2 is 1.68 bits per heavy atom. The Morgan fingerprint density at radius 3 is 2.39 bits per heavy atom. The van der Waals surface area contributed by atoms with Crippen molar-refractivity contribution in [3.63, 3.8) is 0 Å². The summed E-state index contributed by atoms with van der Waals surface area (Å²) in [5.74, 6) is 0.411. The number of anilines is 2. The summed E-state index contributed by atoms with van der Waals surface area (Å²) in [6.07, 6.45) is 0.893. The molecule has 162 valence electrons. The molecule has 6 N–H and O–H groups in total. The van der Waals surface area contributed by atoms with Gasteiger partial charge in [-0.1, -0.05) is 61.5 Å². The number of aromatic nitrogens is 2. The fourth-order valence-electron chi connectivity index (χ4n) is 3.08. The number of carbonyl (C=O) groups excluding carboxylic acids is 1. The third kappa shape index (κ3) is 6.42. The van der Waals surface area contributed by atoms with E-state index in [0.29, 0.717) is 36.8 Å². The van der Waals surface area contributed by atoms with Crippen LogP contribution >= 0.6 is 0 Å². The van der Waals surface area contributed by atoms with Gasteiger partial charge in [-0.05, 0) is 23.1 Å². The maximum Gasteiger partial charge on any atom is 0.315 e. The van der Waals surface area contributed by atoms with Crippen molar-refractivity contribution < 1.29 is 9.53 Å². The molecule has 2 amide bonds. The molecule has 0 aliphatic rings. The number of benzene rings is 2. The Hall–Kier alpha value is -3.65. The Kier molecular flexibility index (Phi) is 7.78. The maximum atomic E-state index is 11.7. The third-order valence-electron chi connectivity index (χ3n) is 4.61. The Balaban J connectivity index is 1.70. The maximum absolute atomic E-state index is 11.7. The Labute approximate surface area is 182 Å². The van der Waals surface area contributed by atoms with Gasteiger partial charge < -0.3 is 26.8 Å².